The van der Waals surface area contributed by atoms with E-state index < -0.39 is 0 Å². The zero-order valence-electron chi connectivity index (χ0n) is 11.4. The van der Waals surface area contributed by atoms with Crippen LogP contribution in [0.3, 0.4) is 0 Å². The number of thiocarbonyl (C=S) groups is 1. The molecule has 0 fully saturated rings. The summed E-state index contributed by atoms with van der Waals surface area (Å²) in [4.78, 5) is 12.7. The number of hydrogen-bond acceptors (Lipinski definition) is 2. The minimum Gasteiger partial charge on any atom is -0.393 e. The Kier molecular flexibility index (Phi) is 4.69. The van der Waals surface area contributed by atoms with E-state index in [2.05, 4.69) is 5.32 Å². The van der Waals surface area contributed by atoms with Crippen LogP contribution in [0.1, 0.15) is 30.1 Å². The number of nitrogens with one attached hydrogen (secondary N) is 1. The Labute approximate surface area is 124 Å². The van der Waals surface area contributed by atoms with Crippen molar-refractivity contribution in [1.29, 1.82) is 0 Å². The van der Waals surface area contributed by atoms with Gasteiger partial charge in [0.2, 0.25) is 0 Å². The van der Waals surface area contributed by atoms with E-state index in [1.807, 2.05) is 49.4 Å². The van der Waals surface area contributed by atoms with Gasteiger partial charge < -0.3 is 11.1 Å². The summed E-state index contributed by atoms with van der Waals surface area (Å²) in [6.45, 7) is 2.00. The molecule has 3 nitrogen and oxygen atoms in total. The predicted octanol–water partition coefficient (Wildman–Crippen LogP) is 3.02. The third kappa shape index (κ3) is 3.54. The van der Waals surface area contributed by atoms with Crippen LogP contribution in [0.2, 0.25) is 0 Å². The third-order valence-corrected chi connectivity index (χ3v) is 3.45. The van der Waals surface area contributed by atoms with E-state index in [4.69, 9.17) is 18.0 Å². The van der Waals surface area contributed by atoms with Crippen molar-refractivity contribution in [2.75, 3.05) is 0 Å². The lowest BCUT2D eigenvalue weighted by Crippen LogP contribution is -2.37. The molecule has 2 rings (SSSR count). The number of carbonyl (C=O) groups is 1. The van der Waals surface area contributed by atoms with Gasteiger partial charge in [-0.05, 0) is 29.3 Å². The molecule has 0 bridgehead atoms. The summed E-state index contributed by atoms with van der Waals surface area (Å²) >= 11 is 4.90. The first kappa shape index (κ1) is 14.5. The lowest BCUT2D eigenvalue weighted by atomic mass is 10.1. The molecule has 0 spiro atoms. The Bertz CT molecular complexity index is 639. The normalized spacial score (nSPS) is 12.1. The number of nitrogens with two attached hydrogens (primary N) is 1. The maximum absolute atomic E-state index is 12.2. The summed E-state index contributed by atoms with van der Waals surface area (Å²) in [6, 6.07) is 13.7. The van der Waals surface area contributed by atoms with Crippen LogP contribution < -0.4 is 11.1 Å². The quantitative estimate of drug-likeness (QED) is 0.831. The van der Waals surface area contributed by atoms with Gasteiger partial charge in [-0.3, -0.25) is 4.79 Å². The van der Waals surface area contributed by atoms with E-state index in [-0.39, 0.29) is 11.9 Å². The van der Waals surface area contributed by atoms with Crippen molar-refractivity contribution < 1.29 is 4.79 Å². The second-order valence-corrected chi connectivity index (χ2v) is 5.34. The van der Waals surface area contributed by atoms with E-state index in [1.54, 1.807) is 0 Å². The summed E-state index contributed by atoms with van der Waals surface area (Å²) in [5.41, 5.74) is 6.20. The molecule has 0 aromatic heterocycles. The molecule has 104 valence electrons. The van der Waals surface area contributed by atoms with Crippen LogP contribution in [-0.4, -0.2) is 16.9 Å². The highest BCUT2D eigenvalue weighted by Crippen LogP contribution is 2.15. The number of rotatable bonds is 5. The second-order valence-electron chi connectivity index (χ2n) is 4.81. The maximum Gasteiger partial charge on any atom is 0.251 e. The number of carbonyl (C=O) groups excluding carboxylic acids is 1. The molecule has 4 heteroatoms. The largest absolute Gasteiger partial charge is 0.393 e. The van der Waals surface area contributed by atoms with Crippen LogP contribution in [0, 0.1) is 0 Å². The molecule has 0 saturated heterocycles. The number of fused-ring (bicyclic) bond motifs is 1. The molecule has 0 aliphatic carbocycles. The van der Waals surface area contributed by atoms with Crippen LogP contribution in [-0.2, 0) is 0 Å². The van der Waals surface area contributed by atoms with E-state index in [0.717, 1.165) is 17.2 Å². The standard InChI is InChI=1S/C16H18N2OS/c1-2-14(10-15(17)20)18-16(19)13-8-7-11-5-3-4-6-12(11)9-13/h3-9,14H,2,10H2,1H3,(H2,17,20)(H,18,19). The monoisotopic (exact) mass is 286 g/mol. The molecule has 20 heavy (non-hydrogen) atoms. The highest BCUT2D eigenvalue weighted by Gasteiger charge is 2.13. The first-order valence-electron chi connectivity index (χ1n) is 6.68. The van der Waals surface area contributed by atoms with Crippen LogP contribution in [0.5, 0.6) is 0 Å². The molecule has 0 radical (unpaired) electrons. The molecule has 2 aromatic carbocycles. The average Bonchev–Trinajstić information content (AvgIpc) is 2.45. The van der Waals surface area contributed by atoms with Crippen molar-refractivity contribution in [2.24, 2.45) is 5.73 Å². The van der Waals surface area contributed by atoms with Gasteiger partial charge in [-0.15, -0.1) is 0 Å². The van der Waals surface area contributed by atoms with Gasteiger partial charge in [-0.1, -0.05) is 49.5 Å². The van der Waals surface area contributed by atoms with Crippen molar-refractivity contribution >= 4 is 33.9 Å². The molecular weight excluding hydrogens is 268 g/mol. The Hall–Kier alpha value is -1.94. The smallest absolute Gasteiger partial charge is 0.251 e. The lowest BCUT2D eigenvalue weighted by molar-refractivity contribution is 0.0937. The SMILES string of the molecule is CCC(CC(N)=S)NC(=O)c1ccc2ccccc2c1. The van der Waals surface area contributed by atoms with Gasteiger partial charge in [0.25, 0.3) is 5.91 Å². The maximum atomic E-state index is 12.2. The summed E-state index contributed by atoms with van der Waals surface area (Å²) in [6.07, 6.45) is 1.34. The Morgan fingerprint density at radius 2 is 1.95 bits per heavy atom. The molecule has 0 saturated carbocycles. The zero-order chi connectivity index (χ0) is 14.5. The highest BCUT2D eigenvalue weighted by molar-refractivity contribution is 7.80. The Morgan fingerprint density at radius 3 is 2.60 bits per heavy atom. The number of amides is 1. The molecule has 0 heterocycles. The topological polar surface area (TPSA) is 55.1 Å². The first-order valence-corrected chi connectivity index (χ1v) is 7.09. The van der Waals surface area contributed by atoms with E-state index in [0.29, 0.717) is 17.0 Å². The molecule has 0 aliphatic heterocycles. The second kappa shape index (κ2) is 6.48. The van der Waals surface area contributed by atoms with Gasteiger partial charge in [0.1, 0.15) is 0 Å². The fourth-order valence-electron chi connectivity index (χ4n) is 2.14. The fourth-order valence-corrected chi connectivity index (χ4v) is 2.34. The molecule has 1 amide bonds. The molecular formula is C16H18N2OS. The zero-order valence-corrected chi connectivity index (χ0v) is 12.2. The molecule has 1 atom stereocenters. The summed E-state index contributed by atoms with van der Waals surface area (Å²) < 4.78 is 0. The van der Waals surface area contributed by atoms with E-state index >= 15 is 0 Å². The van der Waals surface area contributed by atoms with Gasteiger partial charge in [-0.25, -0.2) is 0 Å². The highest BCUT2D eigenvalue weighted by atomic mass is 32.1. The molecule has 0 aliphatic rings. The van der Waals surface area contributed by atoms with Crippen LogP contribution in [0.15, 0.2) is 42.5 Å². The van der Waals surface area contributed by atoms with Crippen molar-refractivity contribution in [3.63, 3.8) is 0 Å². The predicted molar refractivity (Wildman–Crippen MR) is 86.9 cm³/mol. The van der Waals surface area contributed by atoms with Gasteiger partial charge >= 0.3 is 0 Å². The van der Waals surface area contributed by atoms with Crippen LogP contribution in [0.4, 0.5) is 0 Å². The van der Waals surface area contributed by atoms with Crippen LogP contribution >= 0.6 is 12.2 Å². The Balaban J connectivity index is 2.16. The van der Waals surface area contributed by atoms with Gasteiger partial charge in [0.05, 0.1) is 4.99 Å². The van der Waals surface area contributed by atoms with Crippen LogP contribution in [0.25, 0.3) is 10.8 Å². The summed E-state index contributed by atoms with van der Waals surface area (Å²) in [5.74, 6) is -0.0844. The first-order chi connectivity index (χ1) is 9.60. The van der Waals surface area contributed by atoms with Gasteiger partial charge in [-0.2, -0.15) is 0 Å². The molecule has 2 aromatic rings. The fraction of sp³-hybridized carbons (Fsp3) is 0.250. The number of benzene rings is 2. The third-order valence-electron chi connectivity index (χ3n) is 3.29. The van der Waals surface area contributed by atoms with Gasteiger partial charge in [0, 0.05) is 18.0 Å². The lowest BCUT2D eigenvalue weighted by Gasteiger charge is -2.16. The number of hydrogen-bond donors (Lipinski definition) is 2. The minimum atomic E-state index is -0.0844. The van der Waals surface area contributed by atoms with Crippen molar-refractivity contribution in [3.05, 3.63) is 48.0 Å². The van der Waals surface area contributed by atoms with Crippen molar-refractivity contribution in [1.82, 2.24) is 5.32 Å². The summed E-state index contributed by atoms with van der Waals surface area (Å²) in [5, 5.41) is 5.15. The average molecular weight is 286 g/mol. The molecule has 3 N–H and O–H groups in total. The minimum absolute atomic E-state index is 0.00790. The molecule has 1 unspecified atom stereocenters. The Morgan fingerprint density at radius 1 is 1.25 bits per heavy atom. The van der Waals surface area contributed by atoms with E-state index in [1.165, 1.54) is 0 Å². The van der Waals surface area contributed by atoms with E-state index in [9.17, 15) is 4.79 Å². The van der Waals surface area contributed by atoms with Crippen molar-refractivity contribution in [3.8, 4) is 0 Å². The summed E-state index contributed by atoms with van der Waals surface area (Å²) in [7, 11) is 0. The van der Waals surface area contributed by atoms with Crippen molar-refractivity contribution in [2.45, 2.75) is 25.8 Å². The van der Waals surface area contributed by atoms with Gasteiger partial charge in [0.15, 0.2) is 0 Å².